The van der Waals surface area contributed by atoms with Gasteiger partial charge in [-0.15, -0.1) is 0 Å². The van der Waals surface area contributed by atoms with Crippen LogP contribution in [0, 0.1) is 0 Å². The molecule has 3 aromatic rings. The molecule has 1 aliphatic carbocycles. The van der Waals surface area contributed by atoms with Crippen molar-refractivity contribution in [3.05, 3.63) is 77.9 Å². The number of carbonyl (C=O) groups is 1. The van der Waals surface area contributed by atoms with Crippen LogP contribution in [0.4, 0.5) is 0 Å². The largest absolute Gasteiger partial charge is 0.497 e. The number of nitrogens with one attached hydrogen (secondary N) is 1. The van der Waals surface area contributed by atoms with E-state index in [-0.39, 0.29) is 24.7 Å². The lowest BCUT2D eigenvalue weighted by atomic mass is 9.81. The van der Waals surface area contributed by atoms with E-state index in [4.69, 9.17) is 14.2 Å². The standard InChI is InChI=1S/C34H42N2O5/c1-39-30-6-3-5-26(21-30)32-22-27(12-17-33(32)40-2)34(38)35-28-13-8-24(9-14-28)25-10-15-29(16-11-25)41-31-7-4-18-36(23-31)19-20-37/h3,5-6,10-12,15-17,21-22,24,28,31,37H,4,7-9,13-14,18-20,23H2,1-2H3,(H,35,38). The molecule has 1 saturated heterocycles. The lowest BCUT2D eigenvalue weighted by Gasteiger charge is -2.32. The summed E-state index contributed by atoms with van der Waals surface area (Å²) in [5.41, 5.74) is 3.76. The molecule has 1 atom stereocenters. The van der Waals surface area contributed by atoms with Crippen LogP contribution in [-0.4, -0.2) is 68.5 Å². The normalized spacial score (nSPS) is 21.2. The van der Waals surface area contributed by atoms with Gasteiger partial charge in [0.15, 0.2) is 0 Å². The second-order valence-electron chi connectivity index (χ2n) is 11.1. The van der Waals surface area contributed by atoms with Crippen LogP contribution in [0.1, 0.15) is 60.4 Å². The van der Waals surface area contributed by atoms with E-state index in [0.29, 0.717) is 23.8 Å². The number of nitrogens with zero attached hydrogens (tertiary/aromatic N) is 1. The monoisotopic (exact) mass is 558 g/mol. The minimum atomic E-state index is -0.0537. The van der Waals surface area contributed by atoms with E-state index in [0.717, 1.165) is 74.2 Å². The van der Waals surface area contributed by atoms with Crippen LogP contribution in [0.5, 0.6) is 17.2 Å². The lowest BCUT2D eigenvalue weighted by Crippen LogP contribution is -2.42. The van der Waals surface area contributed by atoms with Crippen molar-refractivity contribution in [2.45, 2.75) is 56.6 Å². The van der Waals surface area contributed by atoms with E-state index in [2.05, 4.69) is 34.5 Å². The van der Waals surface area contributed by atoms with Crippen molar-refractivity contribution >= 4 is 5.91 Å². The van der Waals surface area contributed by atoms with Gasteiger partial charge in [-0.1, -0.05) is 24.3 Å². The van der Waals surface area contributed by atoms with Gasteiger partial charge in [0.1, 0.15) is 23.4 Å². The van der Waals surface area contributed by atoms with Gasteiger partial charge in [0, 0.05) is 30.3 Å². The Morgan fingerprint density at radius 1 is 0.927 bits per heavy atom. The summed E-state index contributed by atoms with van der Waals surface area (Å²) in [4.78, 5) is 15.5. The maximum Gasteiger partial charge on any atom is 0.251 e. The highest BCUT2D eigenvalue weighted by Gasteiger charge is 2.25. The number of amides is 1. The molecule has 7 heteroatoms. The summed E-state index contributed by atoms with van der Waals surface area (Å²) in [6.45, 7) is 2.82. The highest BCUT2D eigenvalue weighted by Crippen LogP contribution is 2.35. The SMILES string of the molecule is COc1cccc(-c2cc(C(=O)NC3CCC(c4ccc(OC5CCCN(CCO)C5)cc4)CC3)ccc2OC)c1. The Morgan fingerprint density at radius 3 is 2.46 bits per heavy atom. The molecule has 0 radical (unpaired) electrons. The van der Waals surface area contributed by atoms with E-state index >= 15 is 0 Å². The first-order valence-electron chi connectivity index (χ1n) is 14.8. The average Bonchev–Trinajstić information content (AvgIpc) is 3.02. The number of carbonyl (C=O) groups excluding carboxylic acids is 1. The molecule has 2 N–H and O–H groups in total. The topological polar surface area (TPSA) is 80.3 Å². The predicted molar refractivity (Wildman–Crippen MR) is 161 cm³/mol. The number of aliphatic hydroxyl groups is 1. The third kappa shape index (κ3) is 7.40. The van der Waals surface area contributed by atoms with Crippen molar-refractivity contribution in [1.82, 2.24) is 10.2 Å². The molecule has 1 heterocycles. The van der Waals surface area contributed by atoms with Crippen LogP contribution >= 0.6 is 0 Å². The van der Waals surface area contributed by atoms with Gasteiger partial charge in [-0.2, -0.15) is 0 Å². The number of ether oxygens (including phenoxy) is 3. The summed E-state index contributed by atoms with van der Waals surface area (Å²) < 4.78 is 17.2. The number of piperidine rings is 1. The second-order valence-corrected chi connectivity index (χ2v) is 11.1. The number of benzene rings is 3. The van der Waals surface area contributed by atoms with Crippen LogP contribution < -0.4 is 19.5 Å². The van der Waals surface area contributed by atoms with Gasteiger partial charge < -0.3 is 24.6 Å². The molecule has 0 aromatic heterocycles. The Morgan fingerprint density at radius 2 is 1.73 bits per heavy atom. The molecule has 5 rings (SSSR count). The smallest absolute Gasteiger partial charge is 0.251 e. The molecule has 3 aromatic carbocycles. The molecule has 2 fully saturated rings. The zero-order valence-corrected chi connectivity index (χ0v) is 24.2. The molecule has 1 saturated carbocycles. The molecule has 1 aliphatic heterocycles. The summed E-state index contributed by atoms with van der Waals surface area (Å²) in [6, 6.07) is 22.1. The maximum atomic E-state index is 13.2. The first-order chi connectivity index (χ1) is 20.1. The molecule has 1 amide bonds. The van der Waals surface area contributed by atoms with Crippen LogP contribution in [0.3, 0.4) is 0 Å². The highest BCUT2D eigenvalue weighted by molar-refractivity contribution is 5.96. The zero-order chi connectivity index (χ0) is 28.6. The number of likely N-dealkylation sites (tertiary alicyclic amines) is 1. The quantitative estimate of drug-likeness (QED) is 0.334. The number of aliphatic hydroxyl groups excluding tert-OH is 1. The molecule has 2 aliphatic rings. The lowest BCUT2D eigenvalue weighted by molar-refractivity contribution is 0.0767. The van der Waals surface area contributed by atoms with Crippen molar-refractivity contribution < 1.29 is 24.1 Å². The van der Waals surface area contributed by atoms with E-state index in [9.17, 15) is 9.90 Å². The zero-order valence-electron chi connectivity index (χ0n) is 24.2. The van der Waals surface area contributed by atoms with Gasteiger partial charge in [0.2, 0.25) is 0 Å². The first-order valence-corrected chi connectivity index (χ1v) is 14.8. The highest BCUT2D eigenvalue weighted by atomic mass is 16.5. The Bertz CT molecular complexity index is 1280. The van der Waals surface area contributed by atoms with Crippen molar-refractivity contribution in [2.24, 2.45) is 0 Å². The van der Waals surface area contributed by atoms with Crippen LogP contribution in [0.25, 0.3) is 11.1 Å². The van der Waals surface area contributed by atoms with Gasteiger partial charge in [0.25, 0.3) is 5.91 Å². The minimum Gasteiger partial charge on any atom is -0.497 e. The van der Waals surface area contributed by atoms with Crippen molar-refractivity contribution in [2.75, 3.05) is 40.5 Å². The van der Waals surface area contributed by atoms with Gasteiger partial charge >= 0.3 is 0 Å². The molecule has 1 unspecified atom stereocenters. The molecule has 218 valence electrons. The van der Waals surface area contributed by atoms with Gasteiger partial charge in [-0.25, -0.2) is 0 Å². The summed E-state index contributed by atoms with van der Waals surface area (Å²) >= 11 is 0. The van der Waals surface area contributed by atoms with Crippen LogP contribution in [0.2, 0.25) is 0 Å². The Kier molecular flexibility index (Phi) is 9.80. The van der Waals surface area contributed by atoms with E-state index < -0.39 is 0 Å². The maximum absolute atomic E-state index is 13.2. The molecule has 41 heavy (non-hydrogen) atoms. The minimum absolute atomic E-state index is 0.0537. The second kappa shape index (κ2) is 13.9. The molecule has 7 nitrogen and oxygen atoms in total. The number of β-amino-alcohol motifs (C(OH)–C–C–N with tert-alkyl or cyclic N) is 1. The fraction of sp³-hybridized carbons (Fsp3) is 0.441. The van der Waals surface area contributed by atoms with Crippen molar-refractivity contribution in [1.29, 1.82) is 0 Å². The summed E-state index contributed by atoms with van der Waals surface area (Å²) in [7, 11) is 3.28. The van der Waals surface area contributed by atoms with E-state index in [1.54, 1.807) is 14.2 Å². The predicted octanol–water partition coefficient (Wildman–Crippen LogP) is 5.66. The Labute approximate surface area is 243 Å². The third-order valence-electron chi connectivity index (χ3n) is 8.44. The first kappa shape index (κ1) is 29.0. The van der Waals surface area contributed by atoms with E-state index in [1.807, 2.05) is 42.5 Å². The summed E-state index contributed by atoms with van der Waals surface area (Å²) in [5, 5.41) is 12.5. The molecule has 0 spiro atoms. The molecule has 0 bridgehead atoms. The number of hydrogen-bond acceptors (Lipinski definition) is 6. The van der Waals surface area contributed by atoms with Crippen LogP contribution in [-0.2, 0) is 0 Å². The van der Waals surface area contributed by atoms with E-state index in [1.165, 1.54) is 5.56 Å². The van der Waals surface area contributed by atoms with Crippen LogP contribution in [0.15, 0.2) is 66.7 Å². The fourth-order valence-electron chi connectivity index (χ4n) is 6.17. The third-order valence-corrected chi connectivity index (χ3v) is 8.44. The molecular formula is C34H42N2O5. The number of methoxy groups -OCH3 is 2. The molecular weight excluding hydrogens is 516 g/mol. The Balaban J connectivity index is 1.14. The summed E-state index contributed by atoms with van der Waals surface area (Å²) in [6.07, 6.45) is 6.33. The van der Waals surface area contributed by atoms with Gasteiger partial charge in [-0.05, 0) is 105 Å². The fourth-order valence-corrected chi connectivity index (χ4v) is 6.17. The van der Waals surface area contributed by atoms with Gasteiger partial charge in [-0.3, -0.25) is 9.69 Å². The number of hydrogen-bond donors (Lipinski definition) is 2. The Hall–Kier alpha value is -3.55. The number of rotatable bonds is 10. The summed E-state index contributed by atoms with van der Waals surface area (Å²) in [5.74, 6) is 2.83. The van der Waals surface area contributed by atoms with Crippen molar-refractivity contribution in [3.8, 4) is 28.4 Å². The average molecular weight is 559 g/mol. The van der Waals surface area contributed by atoms with Crippen molar-refractivity contribution in [3.63, 3.8) is 0 Å². The van der Waals surface area contributed by atoms with Gasteiger partial charge in [0.05, 0.1) is 20.8 Å².